The van der Waals surface area contributed by atoms with Crippen molar-refractivity contribution in [1.82, 2.24) is 4.90 Å². The van der Waals surface area contributed by atoms with Gasteiger partial charge >= 0.3 is 5.97 Å². The third-order valence-electron chi connectivity index (χ3n) is 5.92. The first-order valence-electron chi connectivity index (χ1n) is 11.1. The lowest BCUT2D eigenvalue weighted by molar-refractivity contribution is -0.146. The summed E-state index contributed by atoms with van der Waals surface area (Å²) in [6.45, 7) is 4.43. The number of nitrogens with zero attached hydrogens (tertiary/aromatic N) is 2. The molecule has 2 aromatic carbocycles. The second-order valence-corrected chi connectivity index (χ2v) is 10.3. The van der Waals surface area contributed by atoms with Crippen LogP contribution < -0.4 is 9.04 Å². The molecule has 0 N–H and O–H groups in total. The number of carbonyl (C=O) groups excluding carboxylic acids is 2. The number of hydrogen-bond donors (Lipinski definition) is 0. The van der Waals surface area contributed by atoms with E-state index in [9.17, 15) is 18.0 Å². The highest BCUT2D eigenvalue weighted by atomic mass is 32.2. The zero-order valence-electron chi connectivity index (χ0n) is 19.4. The van der Waals surface area contributed by atoms with Gasteiger partial charge in [0.1, 0.15) is 11.3 Å². The van der Waals surface area contributed by atoms with Gasteiger partial charge in [-0.2, -0.15) is 0 Å². The average Bonchev–Trinajstić information content (AvgIpc) is 3.26. The molecule has 0 aromatic heterocycles. The predicted octanol–water partition coefficient (Wildman–Crippen LogP) is 2.24. The largest absolute Gasteiger partial charge is 0.496 e. The van der Waals surface area contributed by atoms with Crippen LogP contribution in [0.5, 0.6) is 5.75 Å². The Morgan fingerprint density at radius 2 is 1.79 bits per heavy atom. The van der Waals surface area contributed by atoms with E-state index in [0.29, 0.717) is 31.7 Å². The number of methoxy groups -OCH3 is 1. The van der Waals surface area contributed by atoms with E-state index in [2.05, 4.69) is 0 Å². The smallest absolute Gasteiger partial charge is 0.342 e. The normalized spacial score (nSPS) is 20.1. The molecule has 2 aliphatic heterocycles. The number of sulfonamides is 1. The Morgan fingerprint density at radius 3 is 2.50 bits per heavy atom. The van der Waals surface area contributed by atoms with Crippen LogP contribution in [0, 0.1) is 0 Å². The molecular formula is C24H28N2O7S. The van der Waals surface area contributed by atoms with E-state index in [1.807, 2.05) is 26.0 Å². The topological polar surface area (TPSA) is 102 Å². The third kappa shape index (κ3) is 4.74. The van der Waals surface area contributed by atoms with E-state index < -0.39 is 22.6 Å². The molecule has 2 aromatic rings. The Morgan fingerprint density at radius 1 is 1.09 bits per heavy atom. The summed E-state index contributed by atoms with van der Waals surface area (Å²) in [5.41, 5.74) is 1.51. The van der Waals surface area contributed by atoms with Crippen LogP contribution in [0.2, 0.25) is 0 Å². The maximum atomic E-state index is 13.4. The summed E-state index contributed by atoms with van der Waals surface area (Å²) in [5.74, 6) is -1.02. The lowest BCUT2D eigenvalue weighted by atomic mass is 10.2. The molecule has 182 valence electrons. The van der Waals surface area contributed by atoms with Crippen molar-refractivity contribution in [3.63, 3.8) is 0 Å². The number of hydrogen-bond acceptors (Lipinski definition) is 7. The minimum atomic E-state index is -3.91. The van der Waals surface area contributed by atoms with E-state index in [4.69, 9.17) is 14.2 Å². The van der Waals surface area contributed by atoms with Gasteiger partial charge in [-0.3, -0.25) is 9.10 Å². The van der Waals surface area contributed by atoms with Gasteiger partial charge in [0, 0.05) is 19.6 Å². The Kier molecular flexibility index (Phi) is 6.81. The summed E-state index contributed by atoms with van der Waals surface area (Å²) in [6, 6.07) is 11.4. The predicted molar refractivity (Wildman–Crippen MR) is 125 cm³/mol. The maximum Gasteiger partial charge on any atom is 0.342 e. The van der Waals surface area contributed by atoms with Crippen LogP contribution >= 0.6 is 0 Å². The summed E-state index contributed by atoms with van der Waals surface area (Å²) < 4.78 is 44.2. The number of fused-ring (bicyclic) bond motifs is 1. The maximum absolute atomic E-state index is 13.4. The first-order valence-corrected chi connectivity index (χ1v) is 12.5. The van der Waals surface area contributed by atoms with Gasteiger partial charge in [0.25, 0.3) is 15.9 Å². The fraction of sp³-hybridized carbons (Fsp3) is 0.417. The van der Waals surface area contributed by atoms with Crippen molar-refractivity contribution < 1.29 is 32.2 Å². The van der Waals surface area contributed by atoms with Crippen LogP contribution in [0.3, 0.4) is 0 Å². The molecule has 2 aliphatic rings. The Balaban J connectivity index is 1.52. The molecule has 0 saturated carbocycles. The highest BCUT2D eigenvalue weighted by Crippen LogP contribution is 2.34. The lowest BCUT2D eigenvalue weighted by Gasteiger charge is -2.35. The third-order valence-corrected chi connectivity index (χ3v) is 7.73. The van der Waals surface area contributed by atoms with Crippen LogP contribution in [0.1, 0.15) is 29.8 Å². The zero-order valence-corrected chi connectivity index (χ0v) is 20.2. The molecular weight excluding hydrogens is 460 g/mol. The first kappa shape index (κ1) is 24.0. The van der Waals surface area contributed by atoms with Gasteiger partial charge in [-0.25, -0.2) is 13.2 Å². The Bertz CT molecular complexity index is 1190. The Hall–Kier alpha value is -3.11. The van der Waals surface area contributed by atoms with Gasteiger partial charge in [0.05, 0.1) is 29.9 Å². The number of carbonyl (C=O) groups is 2. The molecule has 0 bridgehead atoms. The number of morpholine rings is 1. The van der Waals surface area contributed by atoms with Crippen molar-refractivity contribution in [3.05, 3.63) is 53.6 Å². The second kappa shape index (κ2) is 9.63. The highest BCUT2D eigenvalue weighted by Gasteiger charge is 2.32. The highest BCUT2D eigenvalue weighted by molar-refractivity contribution is 7.92. The van der Waals surface area contributed by atoms with Gasteiger partial charge in [0.15, 0.2) is 6.61 Å². The molecule has 4 rings (SSSR count). The van der Waals surface area contributed by atoms with Gasteiger partial charge in [0.2, 0.25) is 0 Å². The number of anilines is 1. The van der Waals surface area contributed by atoms with Crippen molar-refractivity contribution in [2.24, 2.45) is 0 Å². The van der Waals surface area contributed by atoms with E-state index >= 15 is 0 Å². The van der Waals surface area contributed by atoms with E-state index in [-0.39, 0.29) is 34.3 Å². The van der Waals surface area contributed by atoms with Crippen molar-refractivity contribution in [1.29, 1.82) is 0 Å². The number of rotatable bonds is 6. The Labute approximate surface area is 199 Å². The van der Waals surface area contributed by atoms with Crippen LogP contribution in [-0.4, -0.2) is 70.8 Å². The first-order chi connectivity index (χ1) is 16.2. The fourth-order valence-electron chi connectivity index (χ4n) is 4.37. The van der Waals surface area contributed by atoms with Crippen LogP contribution in [0.15, 0.2) is 47.4 Å². The zero-order chi connectivity index (χ0) is 24.5. The summed E-state index contributed by atoms with van der Waals surface area (Å²) in [4.78, 5) is 26.9. The molecule has 0 aliphatic carbocycles. The molecule has 0 spiro atoms. The number of benzene rings is 2. The molecule has 0 radical (unpaired) electrons. The molecule has 9 nitrogen and oxygen atoms in total. The summed E-state index contributed by atoms with van der Waals surface area (Å²) >= 11 is 0. The number of amides is 1. The van der Waals surface area contributed by atoms with Crippen LogP contribution in [-0.2, 0) is 30.7 Å². The van der Waals surface area contributed by atoms with Crippen molar-refractivity contribution in [2.75, 3.05) is 37.7 Å². The standard InChI is InChI=1S/C24H28N2O7S/c1-16-13-25(14-17(2)33-16)23(27)15-32-24(28)20-12-19(8-9-22(20)31-3)34(29,30)26-11-10-18-6-4-5-7-21(18)26/h4-9,12,16-17H,10-11,13-15H2,1-3H3. The van der Waals surface area contributed by atoms with Crippen molar-refractivity contribution in [3.8, 4) is 5.75 Å². The minimum Gasteiger partial charge on any atom is -0.496 e. The monoisotopic (exact) mass is 488 g/mol. The quantitative estimate of drug-likeness (QED) is 0.575. The second-order valence-electron chi connectivity index (χ2n) is 8.45. The molecule has 10 heteroatoms. The fourth-order valence-corrected chi connectivity index (χ4v) is 5.90. The molecule has 2 unspecified atom stereocenters. The molecule has 34 heavy (non-hydrogen) atoms. The van der Waals surface area contributed by atoms with Gasteiger partial charge < -0.3 is 19.1 Å². The summed E-state index contributed by atoms with van der Waals surface area (Å²) in [6.07, 6.45) is 0.392. The van der Waals surface area contributed by atoms with Gasteiger partial charge in [-0.05, 0) is 50.1 Å². The molecule has 1 saturated heterocycles. The molecule has 2 heterocycles. The minimum absolute atomic E-state index is 0.0564. The van der Waals surface area contributed by atoms with E-state index in [0.717, 1.165) is 5.56 Å². The van der Waals surface area contributed by atoms with E-state index in [1.54, 1.807) is 17.0 Å². The van der Waals surface area contributed by atoms with Crippen LogP contribution in [0.25, 0.3) is 0 Å². The summed E-state index contributed by atoms with van der Waals surface area (Å²) in [7, 11) is -2.54. The number of esters is 1. The number of ether oxygens (including phenoxy) is 3. The molecule has 1 fully saturated rings. The lowest BCUT2D eigenvalue weighted by Crippen LogP contribution is -2.49. The van der Waals surface area contributed by atoms with Crippen LogP contribution in [0.4, 0.5) is 5.69 Å². The van der Waals surface area contributed by atoms with E-state index in [1.165, 1.54) is 29.6 Å². The van der Waals surface area contributed by atoms with Crippen molar-refractivity contribution in [2.45, 2.75) is 37.4 Å². The molecule has 2 atom stereocenters. The van der Waals surface area contributed by atoms with Crippen molar-refractivity contribution >= 4 is 27.6 Å². The van der Waals surface area contributed by atoms with Gasteiger partial charge in [-0.15, -0.1) is 0 Å². The van der Waals surface area contributed by atoms with Gasteiger partial charge in [-0.1, -0.05) is 18.2 Å². The average molecular weight is 489 g/mol. The molecule has 1 amide bonds. The summed E-state index contributed by atoms with van der Waals surface area (Å²) in [5, 5.41) is 0. The number of para-hydroxylation sites is 1. The SMILES string of the molecule is COc1ccc(S(=O)(=O)N2CCc3ccccc32)cc1C(=O)OCC(=O)N1CC(C)OC(C)C1.